The van der Waals surface area contributed by atoms with E-state index >= 15 is 0 Å². The van der Waals surface area contributed by atoms with E-state index in [0.29, 0.717) is 17.5 Å². The van der Waals surface area contributed by atoms with Crippen molar-refractivity contribution < 1.29 is 4.42 Å². The van der Waals surface area contributed by atoms with Crippen LogP contribution in [0.4, 0.5) is 10.8 Å². The van der Waals surface area contributed by atoms with E-state index in [1.807, 2.05) is 13.0 Å². The Morgan fingerprint density at radius 3 is 2.65 bits per heavy atom. The van der Waals surface area contributed by atoms with E-state index < -0.39 is 0 Å². The Kier molecular flexibility index (Phi) is 4.92. The molecule has 0 fully saturated rings. The minimum Gasteiger partial charge on any atom is -0.424 e. The molecule has 120 valence electrons. The monoisotopic (exact) mass is 347 g/mol. The van der Waals surface area contributed by atoms with Crippen molar-refractivity contribution in [3.8, 4) is 0 Å². The van der Waals surface area contributed by atoms with Crippen molar-refractivity contribution in [2.24, 2.45) is 0 Å². The van der Waals surface area contributed by atoms with Crippen molar-refractivity contribution in [2.45, 2.75) is 37.3 Å². The molecule has 0 amide bonds. The van der Waals surface area contributed by atoms with Crippen LogP contribution < -0.4 is 5.32 Å². The Hall–Kier alpha value is -1.93. The largest absolute Gasteiger partial charge is 0.424 e. The lowest BCUT2D eigenvalue weighted by atomic mass is 10.1. The average molecular weight is 347 g/mol. The summed E-state index contributed by atoms with van der Waals surface area (Å²) in [5.74, 6) is 1.88. The quantitative estimate of drug-likeness (QED) is 0.672. The first kappa shape index (κ1) is 15.9. The molecule has 0 radical (unpaired) electrons. The molecule has 1 aromatic carbocycles. The predicted molar refractivity (Wildman–Crippen MR) is 92.3 cm³/mol. The fourth-order valence-electron chi connectivity index (χ4n) is 1.87. The molecule has 1 N–H and O–H groups in total. The van der Waals surface area contributed by atoms with E-state index in [2.05, 4.69) is 51.7 Å². The molecule has 0 unspecified atom stereocenters. The van der Waals surface area contributed by atoms with Crippen molar-refractivity contribution in [3.63, 3.8) is 0 Å². The summed E-state index contributed by atoms with van der Waals surface area (Å²) in [6, 6.07) is 6.24. The van der Waals surface area contributed by atoms with Gasteiger partial charge in [-0.15, -0.1) is 20.4 Å². The van der Waals surface area contributed by atoms with Crippen molar-refractivity contribution in [2.75, 3.05) is 5.32 Å². The highest BCUT2D eigenvalue weighted by molar-refractivity contribution is 8.00. The minimum atomic E-state index is 0.602. The summed E-state index contributed by atoms with van der Waals surface area (Å²) in [6.45, 7) is 6.18. The third-order valence-corrected chi connectivity index (χ3v) is 5.25. The van der Waals surface area contributed by atoms with E-state index in [0.717, 1.165) is 21.6 Å². The number of hydrogen-bond donors (Lipinski definition) is 1. The van der Waals surface area contributed by atoms with Crippen LogP contribution in [0.3, 0.4) is 0 Å². The minimum absolute atomic E-state index is 0.602. The topological polar surface area (TPSA) is 76.7 Å². The Labute approximate surface area is 142 Å². The van der Waals surface area contributed by atoms with Gasteiger partial charge in [-0.2, -0.15) is 0 Å². The third kappa shape index (κ3) is 4.08. The molecule has 2 heterocycles. The maximum absolute atomic E-state index is 5.48. The van der Waals surface area contributed by atoms with Crippen LogP contribution in [0.1, 0.15) is 29.8 Å². The van der Waals surface area contributed by atoms with Gasteiger partial charge in [0.25, 0.3) is 0 Å². The third-order valence-electron chi connectivity index (χ3n) is 3.29. The number of anilines is 2. The zero-order valence-corrected chi connectivity index (χ0v) is 14.8. The van der Waals surface area contributed by atoms with Gasteiger partial charge < -0.3 is 9.73 Å². The van der Waals surface area contributed by atoms with Crippen molar-refractivity contribution >= 4 is 33.9 Å². The van der Waals surface area contributed by atoms with E-state index in [9.17, 15) is 0 Å². The van der Waals surface area contributed by atoms with Crippen LogP contribution in [-0.2, 0) is 12.2 Å². The normalized spacial score (nSPS) is 10.9. The number of aryl methyl sites for hydroxylation is 3. The standard InChI is InChI=1S/C15H17N5OS2/c1-4-12-17-18-13(21-12)8-22-15-20-19-14(23-15)16-11-6-5-9(2)10(3)7-11/h5-7H,4,8H2,1-3H3,(H,16,19). The molecule has 0 saturated carbocycles. The fraction of sp³-hybridized carbons (Fsp3) is 0.333. The maximum atomic E-state index is 5.48. The fourth-order valence-corrected chi connectivity index (χ4v) is 3.48. The second kappa shape index (κ2) is 7.10. The Balaban J connectivity index is 1.60. The molecule has 0 aliphatic heterocycles. The van der Waals surface area contributed by atoms with Gasteiger partial charge in [0.05, 0.1) is 5.75 Å². The van der Waals surface area contributed by atoms with Gasteiger partial charge in [-0.25, -0.2) is 0 Å². The molecule has 0 bridgehead atoms. The SMILES string of the molecule is CCc1nnc(CSc2nnc(Nc3ccc(C)c(C)c3)s2)o1. The molecule has 6 nitrogen and oxygen atoms in total. The van der Waals surface area contributed by atoms with Crippen LogP contribution in [0.15, 0.2) is 27.0 Å². The molecule has 23 heavy (non-hydrogen) atoms. The summed E-state index contributed by atoms with van der Waals surface area (Å²) in [7, 11) is 0. The second-order valence-corrected chi connectivity index (χ2v) is 7.23. The Morgan fingerprint density at radius 1 is 1.09 bits per heavy atom. The maximum Gasteiger partial charge on any atom is 0.226 e. The van der Waals surface area contributed by atoms with Gasteiger partial charge in [0.2, 0.25) is 16.9 Å². The molecule has 0 aliphatic rings. The predicted octanol–water partition coefficient (Wildman–Crippen LogP) is 4.14. The van der Waals surface area contributed by atoms with Gasteiger partial charge in [0.15, 0.2) is 4.34 Å². The molecule has 8 heteroatoms. The van der Waals surface area contributed by atoms with Crippen LogP contribution in [0.25, 0.3) is 0 Å². The first-order valence-corrected chi connectivity index (χ1v) is 9.06. The zero-order chi connectivity index (χ0) is 16.2. The van der Waals surface area contributed by atoms with Crippen LogP contribution in [0, 0.1) is 13.8 Å². The first-order valence-electron chi connectivity index (χ1n) is 7.26. The summed E-state index contributed by atoms with van der Waals surface area (Å²) in [5, 5.41) is 20.3. The highest BCUT2D eigenvalue weighted by Crippen LogP contribution is 2.30. The van der Waals surface area contributed by atoms with Crippen molar-refractivity contribution in [1.82, 2.24) is 20.4 Å². The van der Waals surface area contributed by atoms with Crippen LogP contribution in [-0.4, -0.2) is 20.4 Å². The number of benzene rings is 1. The van der Waals surface area contributed by atoms with Gasteiger partial charge in [-0.1, -0.05) is 36.1 Å². The highest BCUT2D eigenvalue weighted by Gasteiger charge is 2.09. The number of thioether (sulfide) groups is 1. The number of nitrogens with one attached hydrogen (secondary N) is 1. The van der Waals surface area contributed by atoms with Crippen LogP contribution in [0.2, 0.25) is 0 Å². The summed E-state index contributed by atoms with van der Waals surface area (Å²) in [6.07, 6.45) is 0.751. The van der Waals surface area contributed by atoms with Crippen molar-refractivity contribution in [1.29, 1.82) is 0 Å². The van der Waals surface area contributed by atoms with E-state index in [4.69, 9.17) is 4.42 Å². The summed E-state index contributed by atoms with van der Waals surface area (Å²) in [4.78, 5) is 0. The van der Waals surface area contributed by atoms with Gasteiger partial charge in [0.1, 0.15) is 0 Å². The smallest absolute Gasteiger partial charge is 0.226 e. The lowest BCUT2D eigenvalue weighted by molar-refractivity contribution is 0.470. The van der Waals surface area contributed by atoms with Gasteiger partial charge in [-0.3, -0.25) is 0 Å². The summed E-state index contributed by atoms with van der Waals surface area (Å²) >= 11 is 3.05. The highest BCUT2D eigenvalue weighted by atomic mass is 32.2. The molecular weight excluding hydrogens is 330 g/mol. The summed E-state index contributed by atoms with van der Waals surface area (Å²) < 4.78 is 6.35. The Morgan fingerprint density at radius 2 is 1.91 bits per heavy atom. The molecule has 0 aliphatic carbocycles. The number of aromatic nitrogens is 4. The molecular formula is C15H17N5OS2. The molecule has 2 aromatic heterocycles. The molecule has 0 saturated heterocycles. The lowest BCUT2D eigenvalue weighted by Gasteiger charge is -2.05. The number of nitrogens with zero attached hydrogens (tertiary/aromatic N) is 4. The van der Waals surface area contributed by atoms with Crippen LogP contribution >= 0.6 is 23.1 Å². The zero-order valence-electron chi connectivity index (χ0n) is 13.2. The van der Waals surface area contributed by atoms with E-state index in [-0.39, 0.29) is 0 Å². The summed E-state index contributed by atoms with van der Waals surface area (Å²) in [5.41, 5.74) is 3.54. The van der Waals surface area contributed by atoms with Crippen molar-refractivity contribution in [3.05, 3.63) is 41.1 Å². The first-order chi connectivity index (χ1) is 11.1. The second-order valence-electron chi connectivity index (χ2n) is 5.03. The average Bonchev–Trinajstić information content (AvgIpc) is 3.18. The number of hydrogen-bond acceptors (Lipinski definition) is 8. The molecule has 0 atom stereocenters. The molecule has 3 aromatic rings. The van der Waals surface area contributed by atoms with Gasteiger partial charge in [-0.05, 0) is 37.1 Å². The Bertz CT molecular complexity index is 799. The number of rotatable bonds is 6. The molecule has 3 rings (SSSR count). The van der Waals surface area contributed by atoms with Crippen LogP contribution in [0.5, 0.6) is 0 Å². The van der Waals surface area contributed by atoms with E-state index in [1.165, 1.54) is 22.5 Å². The van der Waals surface area contributed by atoms with Gasteiger partial charge >= 0.3 is 0 Å². The van der Waals surface area contributed by atoms with E-state index in [1.54, 1.807) is 11.8 Å². The molecule has 0 spiro atoms. The lowest BCUT2D eigenvalue weighted by Crippen LogP contribution is -1.91. The van der Waals surface area contributed by atoms with Gasteiger partial charge in [0, 0.05) is 12.1 Å².